The number of hydrogen-bond acceptors (Lipinski definition) is 4. The SMILES string of the molecule is CCn1nc(C)c2c(C(F)(F)F)cc(-c3cc(OC)ccc3OC)nc21. The fourth-order valence-electron chi connectivity index (χ4n) is 2.95. The van der Waals surface area contributed by atoms with Crippen LogP contribution in [-0.4, -0.2) is 29.0 Å². The van der Waals surface area contributed by atoms with Crippen molar-refractivity contribution < 1.29 is 22.6 Å². The van der Waals surface area contributed by atoms with Gasteiger partial charge in [0.05, 0.1) is 36.6 Å². The van der Waals surface area contributed by atoms with E-state index < -0.39 is 11.7 Å². The Morgan fingerprint density at radius 1 is 1.12 bits per heavy atom. The van der Waals surface area contributed by atoms with Crippen LogP contribution in [0.1, 0.15) is 18.2 Å². The van der Waals surface area contributed by atoms with Gasteiger partial charge in [0.15, 0.2) is 5.65 Å². The van der Waals surface area contributed by atoms with E-state index in [0.29, 0.717) is 29.3 Å². The van der Waals surface area contributed by atoms with E-state index in [1.54, 1.807) is 32.0 Å². The first-order valence-corrected chi connectivity index (χ1v) is 7.97. The molecule has 2 aromatic heterocycles. The third-order valence-electron chi connectivity index (χ3n) is 4.16. The van der Waals surface area contributed by atoms with Gasteiger partial charge in [-0.3, -0.25) is 0 Å². The van der Waals surface area contributed by atoms with E-state index in [9.17, 15) is 13.2 Å². The summed E-state index contributed by atoms with van der Waals surface area (Å²) in [4.78, 5) is 4.46. The van der Waals surface area contributed by atoms with Crippen LogP contribution in [-0.2, 0) is 12.7 Å². The van der Waals surface area contributed by atoms with Gasteiger partial charge in [-0.15, -0.1) is 0 Å². The average Bonchev–Trinajstić information content (AvgIpc) is 2.95. The molecule has 26 heavy (non-hydrogen) atoms. The maximum absolute atomic E-state index is 13.7. The topological polar surface area (TPSA) is 49.2 Å². The first-order valence-electron chi connectivity index (χ1n) is 7.97. The van der Waals surface area contributed by atoms with Crippen LogP contribution in [0.3, 0.4) is 0 Å². The maximum Gasteiger partial charge on any atom is 0.417 e. The van der Waals surface area contributed by atoms with Crippen LogP contribution in [0.4, 0.5) is 13.2 Å². The van der Waals surface area contributed by atoms with Gasteiger partial charge in [-0.2, -0.15) is 18.3 Å². The number of alkyl halides is 3. The van der Waals surface area contributed by atoms with E-state index in [4.69, 9.17) is 9.47 Å². The molecule has 5 nitrogen and oxygen atoms in total. The summed E-state index contributed by atoms with van der Waals surface area (Å²) in [5.41, 5.74) is 0.293. The second-order valence-electron chi connectivity index (χ2n) is 5.72. The number of aromatic nitrogens is 3. The third kappa shape index (κ3) is 2.95. The van der Waals surface area contributed by atoms with Crippen molar-refractivity contribution in [2.45, 2.75) is 26.6 Å². The summed E-state index contributed by atoms with van der Waals surface area (Å²) in [6.45, 7) is 3.77. The fraction of sp³-hybridized carbons (Fsp3) is 0.333. The molecule has 0 aliphatic carbocycles. The van der Waals surface area contributed by atoms with Crippen LogP contribution in [0, 0.1) is 6.92 Å². The molecule has 0 amide bonds. The maximum atomic E-state index is 13.7. The molecule has 138 valence electrons. The van der Waals surface area contributed by atoms with Gasteiger partial charge in [0.2, 0.25) is 0 Å². The molecule has 0 saturated carbocycles. The number of fused-ring (bicyclic) bond motifs is 1. The number of halogens is 3. The zero-order valence-electron chi connectivity index (χ0n) is 14.8. The first kappa shape index (κ1) is 18.0. The van der Waals surface area contributed by atoms with Gasteiger partial charge in [0, 0.05) is 12.1 Å². The molecule has 0 aliphatic heterocycles. The molecule has 0 radical (unpaired) electrons. The summed E-state index contributed by atoms with van der Waals surface area (Å²) >= 11 is 0. The van der Waals surface area contributed by atoms with Crippen molar-refractivity contribution in [2.75, 3.05) is 14.2 Å². The van der Waals surface area contributed by atoms with Gasteiger partial charge >= 0.3 is 6.18 Å². The van der Waals surface area contributed by atoms with Crippen molar-refractivity contribution in [3.05, 3.63) is 35.5 Å². The number of rotatable bonds is 4. The molecule has 0 saturated heterocycles. The highest BCUT2D eigenvalue weighted by Crippen LogP contribution is 2.40. The van der Waals surface area contributed by atoms with Crippen molar-refractivity contribution in [3.63, 3.8) is 0 Å². The predicted molar refractivity (Wildman–Crippen MR) is 91.5 cm³/mol. The van der Waals surface area contributed by atoms with Crippen molar-refractivity contribution in [1.29, 1.82) is 0 Å². The smallest absolute Gasteiger partial charge is 0.417 e. The molecule has 0 spiro atoms. The molecular formula is C18H18F3N3O2. The molecule has 0 fully saturated rings. The molecule has 0 aliphatic rings. The van der Waals surface area contributed by atoms with Crippen LogP contribution in [0.15, 0.2) is 24.3 Å². The number of nitrogens with zero attached hydrogens (tertiary/aromatic N) is 3. The lowest BCUT2D eigenvalue weighted by molar-refractivity contribution is -0.136. The molecule has 0 unspecified atom stereocenters. The summed E-state index contributed by atoms with van der Waals surface area (Å²) in [5, 5.41) is 4.21. The number of ether oxygens (including phenoxy) is 2. The van der Waals surface area contributed by atoms with Crippen LogP contribution in [0.25, 0.3) is 22.3 Å². The number of methoxy groups -OCH3 is 2. The summed E-state index contributed by atoms with van der Waals surface area (Å²) < 4.78 is 53.1. The van der Waals surface area contributed by atoms with E-state index in [-0.39, 0.29) is 16.7 Å². The molecule has 0 bridgehead atoms. The summed E-state index contributed by atoms with van der Waals surface area (Å²) in [6, 6.07) is 5.95. The van der Waals surface area contributed by atoms with Crippen LogP contribution in [0.5, 0.6) is 11.5 Å². The van der Waals surface area contributed by atoms with Gasteiger partial charge in [0.1, 0.15) is 11.5 Å². The quantitative estimate of drug-likeness (QED) is 0.685. The normalized spacial score (nSPS) is 11.8. The standard InChI is InChI=1S/C18H18F3N3O2/c1-5-24-17-16(10(2)23-24)13(18(19,20)21)9-14(22-17)12-8-11(25-3)6-7-15(12)26-4/h6-9H,5H2,1-4H3. The Hall–Kier alpha value is -2.77. The highest BCUT2D eigenvalue weighted by molar-refractivity contribution is 5.86. The van der Waals surface area contributed by atoms with Gasteiger partial charge in [0.25, 0.3) is 0 Å². The van der Waals surface area contributed by atoms with Gasteiger partial charge in [-0.1, -0.05) is 0 Å². The van der Waals surface area contributed by atoms with Gasteiger partial charge < -0.3 is 9.47 Å². The largest absolute Gasteiger partial charge is 0.497 e. The predicted octanol–water partition coefficient (Wildman–Crippen LogP) is 4.46. The minimum Gasteiger partial charge on any atom is -0.497 e. The Balaban J connectivity index is 2.38. The van der Waals surface area contributed by atoms with Crippen LogP contribution in [0.2, 0.25) is 0 Å². The number of hydrogen-bond donors (Lipinski definition) is 0. The molecule has 3 aromatic rings. The molecule has 8 heteroatoms. The van der Waals surface area contributed by atoms with Crippen molar-refractivity contribution in [1.82, 2.24) is 14.8 Å². The Labute approximate surface area is 148 Å². The van der Waals surface area contributed by atoms with Crippen LogP contribution >= 0.6 is 0 Å². The zero-order valence-corrected chi connectivity index (χ0v) is 14.8. The summed E-state index contributed by atoms with van der Waals surface area (Å²) in [7, 11) is 2.94. The minimum atomic E-state index is -4.53. The van der Waals surface area contributed by atoms with Gasteiger partial charge in [-0.05, 0) is 38.1 Å². The average molecular weight is 365 g/mol. The monoisotopic (exact) mass is 365 g/mol. The van der Waals surface area contributed by atoms with E-state index in [1.165, 1.54) is 18.9 Å². The molecule has 2 heterocycles. The fourth-order valence-corrected chi connectivity index (χ4v) is 2.95. The highest BCUT2D eigenvalue weighted by Gasteiger charge is 2.35. The lowest BCUT2D eigenvalue weighted by Crippen LogP contribution is -2.08. The van der Waals surface area contributed by atoms with E-state index >= 15 is 0 Å². The lowest BCUT2D eigenvalue weighted by atomic mass is 10.0. The van der Waals surface area contributed by atoms with Gasteiger partial charge in [-0.25, -0.2) is 9.67 Å². The zero-order chi connectivity index (χ0) is 19.1. The number of benzene rings is 1. The first-order chi connectivity index (χ1) is 12.3. The van der Waals surface area contributed by atoms with E-state index in [1.807, 2.05) is 0 Å². The van der Waals surface area contributed by atoms with E-state index in [2.05, 4.69) is 10.1 Å². The van der Waals surface area contributed by atoms with Crippen LogP contribution < -0.4 is 9.47 Å². The van der Waals surface area contributed by atoms with Crippen molar-refractivity contribution in [3.8, 4) is 22.8 Å². The molecule has 3 rings (SSSR count). The molecule has 1 aromatic carbocycles. The molecule has 0 atom stereocenters. The third-order valence-corrected chi connectivity index (χ3v) is 4.16. The Morgan fingerprint density at radius 2 is 1.85 bits per heavy atom. The molecular weight excluding hydrogens is 347 g/mol. The summed E-state index contributed by atoms with van der Waals surface area (Å²) in [6.07, 6.45) is -4.53. The van der Waals surface area contributed by atoms with Crippen molar-refractivity contribution in [2.24, 2.45) is 0 Å². The highest BCUT2D eigenvalue weighted by atomic mass is 19.4. The molecule has 0 N–H and O–H groups in total. The Morgan fingerprint density at radius 3 is 2.42 bits per heavy atom. The van der Waals surface area contributed by atoms with E-state index in [0.717, 1.165) is 6.07 Å². The summed E-state index contributed by atoms with van der Waals surface area (Å²) in [5.74, 6) is 0.904. The second kappa shape index (κ2) is 6.51. The lowest BCUT2D eigenvalue weighted by Gasteiger charge is -2.14. The Kier molecular flexibility index (Phi) is 4.52. The Bertz CT molecular complexity index is 964. The minimum absolute atomic E-state index is 0.0185. The van der Waals surface area contributed by atoms with Crippen molar-refractivity contribution >= 4 is 11.0 Å². The number of pyridine rings is 1. The number of aryl methyl sites for hydroxylation is 2. The second-order valence-corrected chi connectivity index (χ2v) is 5.72.